The first-order valence-electron chi connectivity index (χ1n) is 9.42. The van der Waals surface area contributed by atoms with Crippen LogP contribution in [0.4, 0.5) is 4.79 Å². The molecule has 0 aliphatic rings. The Morgan fingerprint density at radius 2 is 1.62 bits per heavy atom. The highest BCUT2D eigenvalue weighted by Crippen LogP contribution is 2.22. The summed E-state index contributed by atoms with van der Waals surface area (Å²) in [6, 6.07) is 24.9. The summed E-state index contributed by atoms with van der Waals surface area (Å²) in [4.78, 5) is 12.6. The van der Waals surface area contributed by atoms with E-state index in [4.69, 9.17) is 4.42 Å². The Hall–Kier alpha value is -3.80. The number of amides is 2. The van der Waals surface area contributed by atoms with Crippen molar-refractivity contribution in [1.82, 2.24) is 20.4 Å². The fourth-order valence-electron chi connectivity index (χ4n) is 3.23. The molecule has 2 heterocycles. The van der Waals surface area contributed by atoms with E-state index < -0.39 is 0 Å². The zero-order valence-electron chi connectivity index (χ0n) is 16.1. The van der Waals surface area contributed by atoms with Gasteiger partial charge in [0.1, 0.15) is 11.5 Å². The van der Waals surface area contributed by atoms with Gasteiger partial charge in [-0.1, -0.05) is 60.7 Å². The van der Waals surface area contributed by atoms with Crippen molar-refractivity contribution in [1.29, 1.82) is 0 Å². The molecule has 0 spiro atoms. The Kier molecular flexibility index (Phi) is 5.42. The lowest BCUT2D eigenvalue weighted by atomic mass is 9.99. The van der Waals surface area contributed by atoms with Crippen molar-refractivity contribution in [2.75, 3.05) is 0 Å². The zero-order chi connectivity index (χ0) is 20.1. The van der Waals surface area contributed by atoms with Crippen LogP contribution in [0.5, 0.6) is 0 Å². The van der Waals surface area contributed by atoms with Gasteiger partial charge in [0.05, 0.1) is 12.6 Å². The number of carbonyl (C=O) groups is 1. The van der Waals surface area contributed by atoms with Gasteiger partial charge in [-0.3, -0.25) is 4.68 Å². The van der Waals surface area contributed by atoms with Gasteiger partial charge in [0.2, 0.25) is 0 Å². The molecule has 6 nitrogen and oxygen atoms in total. The van der Waals surface area contributed by atoms with Crippen LogP contribution in [0, 0.1) is 0 Å². The maximum atomic E-state index is 12.6. The molecular weight excluding hydrogens is 364 g/mol. The third kappa shape index (κ3) is 4.38. The van der Waals surface area contributed by atoms with Gasteiger partial charge < -0.3 is 15.1 Å². The van der Waals surface area contributed by atoms with E-state index in [0.717, 1.165) is 16.8 Å². The van der Waals surface area contributed by atoms with Crippen molar-refractivity contribution in [2.24, 2.45) is 7.05 Å². The number of rotatable bonds is 6. The molecule has 0 unspecified atom stereocenters. The minimum absolute atomic E-state index is 0.237. The van der Waals surface area contributed by atoms with Crippen LogP contribution in [0.1, 0.15) is 22.9 Å². The molecule has 4 aromatic rings. The second-order valence-electron chi connectivity index (χ2n) is 6.69. The van der Waals surface area contributed by atoms with E-state index in [1.807, 2.05) is 85.9 Å². The number of benzene rings is 2. The molecule has 0 saturated heterocycles. The summed E-state index contributed by atoms with van der Waals surface area (Å²) >= 11 is 0. The Bertz CT molecular complexity index is 1030. The lowest BCUT2D eigenvalue weighted by molar-refractivity contribution is 0.237. The quantitative estimate of drug-likeness (QED) is 0.520. The maximum absolute atomic E-state index is 12.6. The number of urea groups is 1. The fourth-order valence-corrected chi connectivity index (χ4v) is 3.23. The number of aryl methyl sites for hydroxylation is 1. The molecule has 4 rings (SSSR count). The largest absolute Gasteiger partial charge is 0.458 e. The standard InChI is InChI=1S/C23H22N4O2/c1-27-20(14-15-25-27)21-13-12-19(29-21)16-24-23(28)26-22(17-8-4-2-5-9-17)18-10-6-3-7-11-18/h2-15,22H,16H2,1H3,(H2,24,26,28). The van der Waals surface area contributed by atoms with E-state index in [9.17, 15) is 4.79 Å². The highest BCUT2D eigenvalue weighted by molar-refractivity contribution is 5.75. The fraction of sp³-hybridized carbons (Fsp3) is 0.130. The molecule has 0 atom stereocenters. The number of nitrogens with one attached hydrogen (secondary N) is 2. The van der Waals surface area contributed by atoms with Crippen molar-refractivity contribution in [3.63, 3.8) is 0 Å². The second-order valence-corrected chi connectivity index (χ2v) is 6.69. The summed E-state index contributed by atoms with van der Waals surface area (Å²) in [5.41, 5.74) is 2.92. The summed E-state index contributed by atoms with van der Waals surface area (Å²) in [5, 5.41) is 10.1. The summed E-state index contributed by atoms with van der Waals surface area (Å²) in [6.45, 7) is 0.292. The molecule has 0 aliphatic carbocycles. The molecule has 0 radical (unpaired) electrons. The van der Waals surface area contributed by atoms with Crippen LogP contribution in [0.25, 0.3) is 11.5 Å². The van der Waals surface area contributed by atoms with Crippen LogP contribution >= 0.6 is 0 Å². The van der Waals surface area contributed by atoms with Gasteiger partial charge in [-0.2, -0.15) is 5.10 Å². The van der Waals surface area contributed by atoms with Crippen molar-refractivity contribution in [3.8, 4) is 11.5 Å². The SMILES string of the molecule is Cn1nccc1-c1ccc(CNC(=O)NC(c2ccccc2)c2ccccc2)o1. The Morgan fingerprint density at radius 3 is 2.21 bits per heavy atom. The van der Waals surface area contributed by atoms with E-state index in [0.29, 0.717) is 18.1 Å². The molecule has 0 aliphatic heterocycles. The third-order valence-electron chi connectivity index (χ3n) is 4.70. The average Bonchev–Trinajstić information content (AvgIpc) is 3.40. The van der Waals surface area contributed by atoms with Crippen molar-refractivity contribution in [3.05, 3.63) is 102 Å². The molecule has 2 aromatic carbocycles. The van der Waals surface area contributed by atoms with E-state index in [2.05, 4.69) is 15.7 Å². The molecule has 146 valence electrons. The Morgan fingerprint density at radius 1 is 0.966 bits per heavy atom. The molecule has 0 saturated carbocycles. The minimum Gasteiger partial charge on any atom is -0.458 e. The second kappa shape index (κ2) is 8.48. The van der Waals surface area contributed by atoms with Gasteiger partial charge in [0, 0.05) is 13.2 Å². The van der Waals surface area contributed by atoms with Crippen LogP contribution in [0.2, 0.25) is 0 Å². The predicted octanol–water partition coefficient (Wildman–Crippen LogP) is 4.27. The lowest BCUT2D eigenvalue weighted by Gasteiger charge is -2.20. The molecule has 2 aromatic heterocycles. The van der Waals surface area contributed by atoms with Gasteiger partial charge >= 0.3 is 6.03 Å². The van der Waals surface area contributed by atoms with Gasteiger partial charge in [-0.15, -0.1) is 0 Å². The first-order valence-corrected chi connectivity index (χ1v) is 9.42. The molecule has 6 heteroatoms. The van der Waals surface area contributed by atoms with Crippen molar-refractivity contribution >= 4 is 6.03 Å². The number of hydrogen-bond donors (Lipinski definition) is 2. The van der Waals surface area contributed by atoms with E-state index in [1.165, 1.54) is 0 Å². The lowest BCUT2D eigenvalue weighted by Crippen LogP contribution is -2.38. The summed E-state index contributed by atoms with van der Waals surface area (Å²) in [5.74, 6) is 1.39. The third-order valence-corrected chi connectivity index (χ3v) is 4.70. The highest BCUT2D eigenvalue weighted by Gasteiger charge is 2.17. The van der Waals surface area contributed by atoms with Crippen molar-refractivity contribution < 1.29 is 9.21 Å². The molecular formula is C23H22N4O2. The van der Waals surface area contributed by atoms with E-state index >= 15 is 0 Å². The average molecular weight is 386 g/mol. The Balaban J connectivity index is 1.43. The topological polar surface area (TPSA) is 72.1 Å². The van der Waals surface area contributed by atoms with Crippen LogP contribution < -0.4 is 10.6 Å². The van der Waals surface area contributed by atoms with Gasteiger partial charge in [0.15, 0.2) is 5.76 Å². The normalized spacial score (nSPS) is 10.8. The smallest absolute Gasteiger partial charge is 0.315 e. The Labute approximate surface area is 169 Å². The predicted molar refractivity (Wildman–Crippen MR) is 111 cm³/mol. The van der Waals surface area contributed by atoms with Gasteiger partial charge in [-0.05, 0) is 29.3 Å². The van der Waals surface area contributed by atoms with Crippen LogP contribution in [-0.4, -0.2) is 15.8 Å². The van der Waals surface area contributed by atoms with Crippen LogP contribution in [-0.2, 0) is 13.6 Å². The first kappa shape index (κ1) is 18.6. The number of furan rings is 1. The summed E-state index contributed by atoms with van der Waals surface area (Å²) in [6.07, 6.45) is 1.72. The molecule has 29 heavy (non-hydrogen) atoms. The number of carbonyl (C=O) groups excluding carboxylic acids is 1. The van der Waals surface area contributed by atoms with Crippen molar-refractivity contribution in [2.45, 2.75) is 12.6 Å². The minimum atomic E-state index is -0.263. The number of hydrogen-bond acceptors (Lipinski definition) is 3. The van der Waals surface area contributed by atoms with E-state index in [-0.39, 0.29) is 12.1 Å². The van der Waals surface area contributed by atoms with Gasteiger partial charge in [0.25, 0.3) is 0 Å². The van der Waals surface area contributed by atoms with Gasteiger partial charge in [-0.25, -0.2) is 4.79 Å². The zero-order valence-corrected chi connectivity index (χ0v) is 16.1. The summed E-state index contributed by atoms with van der Waals surface area (Å²) in [7, 11) is 1.86. The maximum Gasteiger partial charge on any atom is 0.315 e. The summed E-state index contributed by atoms with van der Waals surface area (Å²) < 4.78 is 7.57. The number of aromatic nitrogens is 2. The van der Waals surface area contributed by atoms with Crippen LogP contribution in [0.3, 0.4) is 0 Å². The highest BCUT2D eigenvalue weighted by atomic mass is 16.3. The van der Waals surface area contributed by atoms with Crippen LogP contribution in [0.15, 0.2) is 89.5 Å². The molecule has 0 fully saturated rings. The molecule has 2 N–H and O–H groups in total. The monoisotopic (exact) mass is 386 g/mol. The first-order chi connectivity index (χ1) is 14.2. The molecule has 0 bridgehead atoms. The molecule has 2 amide bonds. The van der Waals surface area contributed by atoms with E-state index in [1.54, 1.807) is 10.9 Å². The number of nitrogens with zero attached hydrogens (tertiary/aromatic N) is 2.